The summed E-state index contributed by atoms with van der Waals surface area (Å²) in [7, 11) is 1.67. The second kappa shape index (κ2) is 5.45. The predicted octanol–water partition coefficient (Wildman–Crippen LogP) is 2.37. The van der Waals surface area contributed by atoms with Crippen molar-refractivity contribution in [2.75, 3.05) is 20.3 Å². The van der Waals surface area contributed by atoms with E-state index in [4.69, 9.17) is 9.47 Å². The van der Waals surface area contributed by atoms with Crippen molar-refractivity contribution >= 4 is 10.8 Å². The van der Waals surface area contributed by atoms with Gasteiger partial charge in [-0.05, 0) is 36.9 Å². The second-order valence-corrected chi connectivity index (χ2v) is 4.78. The van der Waals surface area contributed by atoms with Crippen molar-refractivity contribution in [3.05, 3.63) is 30.5 Å². The Morgan fingerprint density at radius 2 is 2.32 bits per heavy atom. The highest BCUT2D eigenvalue weighted by molar-refractivity contribution is 5.92. The minimum atomic E-state index is 0.437. The molecule has 1 aromatic carbocycles. The first-order valence-corrected chi connectivity index (χ1v) is 6.66. The van der Waals surface area contributed by atoms with E-state index in [9.17, 15) is 0 Å². The van der Waals surface area contributed by atoms with E-state index >= 15 is 0 Å². The second-order valence-electron chi connectivity index (χ2n) is 4.78. The molecule has 19 heavy (non-hydrogen) atoms. The molecular weight excluding hydrogens is 240 g/mol. The zero-order valence-electron chi connectivity index (χ0n) is 11.1. The van der Waals surface area contributed by atoms with E-state index < -0.39 is 0 Å². The molecule has 1 aliphatic rings. The summed E-state index contributed by atoms with van der Waals surface area (Å²) in [5.74, 6) is 1.46. The van der Waals surface area contributed by atoms with Gasteiger partial charge in [0.1, 0.15) is 12.4 Å². The van der Waals surface area contributed by atoms with Crippen molar-refractivity contribution < 1.29 is 9.47 Å². The molecule has 0 saturated carbocycles. The number of benzene rings is 1. The van der Waals surface area contributed by atoms with Gasteiger partial charge < -0.3 is 14.8 Å². The summed E-state index contributed by atoms with van der Waals surface area (Å²) in [6.07, 6.45) is 4.17. The Morgan fingerprint density at radius 1 is 1.37 bits per heavy atom. The molecule has 0 amide bonds. The van der Waals surface area contributed by atoms with Crippen LogP contribution >= 0.6 is 0 Å². The highest BCUT2D eigenvalue weighted by Gasteiger charge is 2.16. The van der Waals surface area contributed by atoms with Crippen LogP contribution in [0.2, 0.25) is 0 Å². The maximum absolute atomic E-state index is 5.89. The van der Waals surface area contributed by atoms with Crippen LogP contribution in [0, 0.1) is 0 Å². The molecule has 1 N–H and O–H groups in total. The fraction of sp³-hybridized carbons (Fsp3) is 0.400. The standard InChI is InChI=1S/C15H18N2O2/c1-18-13-6-2-4-11-7-9-17-15(14(11)13)19-10-12-5-3-8-16-12/h2,4,6-7,9,12,16H,3,5,8,10H2,1H3. The van der Waals surface area contributed by atoms with Gasteiger partial charge in [-0.1, -0.05) is 12.1 Å². The Hall–Kier alpha value is -1.81. The van der Waals surface area contributed by atoms with Gasteiger partial charge in [-0.3, -0.25) is 0 Å². The zero-order chi connectivity index (χ0) is 13.1. The number of aromatic nitrogens is 1. The van der Waals surface area contributed by atoms with Gasteiger partial charge >= 0.3 is 0 Å². The molecule has 1 unspecified atom stereocenters. The molecule has 1 aromatic heterocycles. The van der Waals surface area contributed by atoms with Crippen LogP contribution in [0.25, 0.3) is 10.8 Å². The lowest BCUT2D eigenvalue weighted by molar-refractivity contribution is 0.270. The van der Waals surface area contributed by atoms with E-state index in [1.165, 1.54) is 12.8 Å². The number of ether oxygens (including phenoxy) is 2. The van der Waals surface area contributed by atoms with Gasteiger partial charge in [-0.15, -0.1) is 0 Å². The fourth-order valence-corrected chi connectivity index (χ4v) is 2.52. The van der Waals surface area contributed by atoms with E-state index in [0.717, 1.165) is 23.1 Å². The number of pyridine rings is 1. The number of fused-ring (bicyclic) bond motifs is 1. The van der Waals surface area contributed by atoms with E-state index in [0.29, 0.717) is 18.5 Å². The minimum absolute atomic E-state index is 0.437. The third-order valence-electron chi connectivity index (χ3n) is 3.52. The quantitative estimate of drug-likeness (QED) is 0.914. The van der Waals surface area contributed by atoms with Crippen LogP contribution in [0.3, 0.4) is 0 Å². The summed E-state index contributed by atoms with van der Waals surface area (Å²) in [6.45, 7) is 1.74. The molecule has 4 nitrogen and oxygen atoms in total. The van der Waals surface area contributed by atoms with Crippen LogP contribution in [0.15, 0.2) is 30.5 Å². The van der Waals surface area contributed by atoms with Gasteiger partial charge in [0.15, 0.2) is 0 Å². The third kappa shape index (κ3) is 2.49. The predicted molar refractivity (Wildman–Crippen MR) is 74.8 cm³/mol. The molecule has 0 radical (unpaired) electrons. The van der Waals surface area contributed by atoms with Crippen molar-refractivity contribution in [2.24, 2.45) is 0 Å². The van der Waals surface area contributed by atoms with Gasteiger partial charge in [0, 0.05) is 12.2 Å². The van der Waals surface area contributed by atoms with Crippen molar-refractivity contribution in [1.29, 1.82) is 0 Å². The summed E-state index contributed by atoms with van der Waals surface area (Å²) in [4.78, 5) is 4.35. The van der Waals surface area contributed by atoms with Crippen molar-refractivity contribution in [3.63, 3.8) is 0 Å². The first kappa shape index (κ1) is 12.2. The summed E-state index contributed by atoms with van der Waals surface area (Å²) in [5, 5.41) is 5.46. The van der Waals surface area contributed by atoms with Crippen molar-refractivity contribution in [2.45, 2.75) is 18.9 Å². The molecule has 2 heterocycles. The number of hydrogen-bond donors (Lipinski definition) is 1. The van der Waals surface area contributed by atoms with E-state index in [1.54, 1.807) is 13.3 Å². The number of rotatable bonds is 4. The molecule has 1 atom stereocenters. The molecule has 2 aromatic rings. The van der Waals surface area contributed by atoms with E-state index in [-0.39, 0.29) is 0 Å². The van der Waals surface area contributed by atoms with Crippen molar-refractivity contribution in [1.82, 2.24) is 10.3 Å². The molecule has 1 saturated heterocycles. The van der Waals surface area contributed by atoms with Gasteiger partial charge in [-0.25, -0.2) is 4.98 Å². The Morgan fingerprint density at radius 3 is 3.11 bits per heavy atom. The lowest BCUT2D eigenvalue weighted by Crippen LogP contribution is -2.28. The highest BCUT2D eigenvalue weighted by atomic mass is 16.5. The molecule has 1 fully saturated rings. The fourth-order valence-electron chi connectivity index (χ4n) is 2.52. The number of nitrogens with one attached hydrogen (secondary N) is 1. The Bertz CT molecular complexity index is 560. The number of methoxy groups -OCH3 is 1. The highest BCUT2D eigenvalue weighted by Crippen LogP contribution is 2.32. The minimum Gasteiger partial charge on any atom is -0.496 e. The van der Waals surface area contributed by atoms with Crippen LogP contribution < -0.4 is 14.8 Å². The molecule has 3 rings (SSSR count). The Balaban J connectivity index is 1.89. The van der Waals surface area contributed by atoms with Crippen molar-refractivity contribution in [3.8, 4) is 11.6 Å². The molecule has 0 spiro atoms. The first-order chi connectivity index (χ1) is 9.38. The number of hydrogen-bond acceptors (Lipinski definition) is 4. The van der Waals surface area contributed by atoms with Gasteiger partial charge in [0.05, 0.1) is 12.5 Å². The zero-order valence-corrected chi connectivity index (χ0v) is 11.1. The van der Waals surface area contributed by atoms with Gasteiger partial charge in [-0.2, -0.15) is 0 Å². The third-order valence-corrected chi connectivity index (χ3v) is 3.52. The molecule has 4 heteroatoms. The maximum atomic E-state index is 5.89. The lowest BCUT2D eigenvalue weighted by atomic mass is 10.1. The van der Waals surface area contributed by atoms with E-state index in [1.807, 2.05) is 24.3 Å². The topological polar surface area (TPSA) is 43.4 Å². The Labute approximate surface area is 112 Å². The van der Waals surface area contributed by atoms with Gasteiger partial charge in [0.2, 0.25) is 5.88 Å². The molecule has 100 valence electrons. The SMILES string of the molecule is COc1cccc2ccnc(OCC3CCCN3)c12. The molecule has 0 bridgehead atoms. The van der Waals surface area contributed by atoms with Crippen LogP contribution in [-0.4, -0.2) is 31.3 Å². The summed E-state index contributed by atoms with van der Waals surface area (Å²) in [5.41, 5.74) is 0. The molecule has 1 aliphatic heterocycles. The maximum Gasteiger partial charge on any atom is 0.225 e. The molecule has 0 aliphatic carbocycles. The smallest absolute Gasteiger partial charge is 0.225 e. The average Bonchev–Trinajstić information content (AvgIpc) is 2.97. The van der Waals surface area contributed by atoms with Crippen LogP contribution in [0.4, 0.5) is 0 Å². The summed E-state index contributed by atoms with van der Waals surface area (Å²) < 4.78 is 11.3. The van der Waals surface area contributed by atoms with Gasteiger partial charge in [0.25, 0.3) is 0 Å². The Kier molecular flexibility index (Phi) is 3.51. The first-order valence-electron chi connectivity index (χ1n) is 6.66. The lowest BCUT2D eigenvalue weighted by Gasteiger charge is -2.14. The summed E-state index contributed by atoms with van der Waals surface area (Å²) >= 11 is 0. The number of nitrogens with zero attached hydrogens (tertiary/aromatic N) is 1. The van der Waals surface area contributed by atoms with E-state index in [2.05, 4.69) is 10.3 Å². The monoisotopic (exact) mass is 258 g/mol. The van der Waals surface area contributed by atoms with Crippen LogP contribution in [-0.2, 0) is 0 Å². The normalized spacial score (nSPS) is 18.7. The average molecular weight is 258 g/mol. The molecular formula is C15H18N2O2. The summed E-state index contributed by atoms with van der Waals surface area (Å²) in [6, 6.07) is 8.36. The van der Waals surface area contributed by atoms with Crippen LogP contribution in [0.5, 0.6) is 11.6 Å². The largest absolute Gasteiger partial charge is 0.496 e. The van der Waals surface area contributed by atoms with Crippen LogP contribution in [0.1, 0.15) is 12.8 Å².